The van der Waals surface area contributed by atoms with Gasteiger partial charge in [0.05, 0.1) is 24.2 Å². The molecule has 2 N–H and O–H groups in total. The van der Waals surface area contributed by atoms with Gasteiger partial charge in [0.2, 0.25) is 0 Å². The van der Waals surface area contributed by atoms with Gasteiger partial charge in [0.1, 0.15) is 5.65 Å². The second-order valence-corrected chi connectivity index (χ2v) is 9.32. The highest BCUT2D eigenvalue weighted by atomic mass is 35.5. The SMILES string of the molecule is CC(C)(C)c1cn2c3ccccc3n(CCN3CCOCC3)c2c1-c1ccccc1.Cl.O. The summed E-state index contributed by atoms with van der Waals surface area (Å²) in [5.74, 6) is 0. The minimum absolute atomic E-state index is 0. The van der Waals surface area contributed by atoms with Crippen LogP contribution in [0.15, 0.2) is 60.8 Å². The van der Waals surface area contributed by atoms with Gasteiger partial charge in [0, 0.05) is 37.9 Å². The summed E-state index contributed by atoms with van der Waals surface area (Å²) in [6.07, 6.45) is 2.37. The van der Waals surface area contributed by atoms with E-state index in [0.29, 0.717) is 0 Å². The van der Waals surface area contributed by atoms with Gasteiger partial charge in [-0.05, 0) is 28.7 Å². The molecule has 0 radical (unpaired) electrons. The number of ether oxygens (including phenoxy) is 1. The minimum Gasteiger partial charge on any atom is -0.412 e. The van der Waals surface area contributed by atoms with Crippen LogP contribution in [-0.4, -0.2) is 52.2 Å². The summed E-state index contributed by atoms with van der Waals surface area (Å²) in [7, 11) is 0. The molecule has 1 aliphatic rings. The van der Waals surface area contributed by atoms with E-state index in [1.54, 1.807) is 0 Å². The Hall–Kier alpha value is -2.31. The Bertz CT molecular complexity index is 1170. The predicted molar refractivity (Wildman–Crippen MR) is 135 cm³/mol. The first kappa shape index (κ1) is 24.3. The highest BCUT2D eigenvalue weighted by Gasteiger charge is 2.26. The molecule has 0 atom stereocenters. The van der Waals surface area contributed by atoms with Crippen LogP contribution >= 0.6 is 12.4 Å². The predicted octanol–water partition coefficient (Wildman–Crippen LogP) is 4.79. The van der Waals surface area contributed by atoms with Crippen molar-refractivity contribution in [1.29, 1.82) is 0 Å². The van der Waals surface area contributed by atoms with Crippen LogP contribution in [0.2, 0.25) is 0 Å². The van der Waals surface area contributed by atoms with Crippen LogP contribution in [0, 0.1) is 0 Å². The number of aromatic nitrogens is 2. The topological polar surface area (TPSA) is 53.3 Å². The molecule has 5 nitrogen and oxygen atoms in total. The third-order valence-electron chi connectivity index (χ3n) is 6.28. The van der Waals surface area contributed by atoms with Gasteiger partial charge < -0.3 is 19.2 Å². The normalized spacial score (nSPS) is 15.0. The average molecular weight is 456 g/mol. The van der Waals surface area contributed by atoms with Crippen molar-refractivity contribution in [1.82, 2.24) is 13.9 Å². The van der Waals surface area contributed by atoms with Crippen molar-refractivity contribution in [3.63, 3.8) is 0 Å². The molecule has 6 heteroatoms. The standard InChI is InChI=1S/C26H31N3O.ClH.H2O/c1-26(2,3)21-19-29-23-12-8-7-11-22(23)28(14-13-27-15-17-30-18-16-27)25(29)24(21)20-9-5-4-6-10-20;;/h4-12,19H,13-18H2,1-3H3;1H;1H2. The van der Waals surface area contributed by atoms with E-state index in [9.17, 15) is 0 Å². The van der Waals surface area contributed by atoms with Crippen LogP contribution in [0.3, 0.4) is 0 Å². The smallest absolute Gasteiger partial charge is 0.126 e. The van der Waals surface area contributed by atoms with E-state index in [4.69, 9.17) is 4.74 Å². The van der Waals surface area contributed by atoms with E-state index < -0.39 is 0 Å². The van der Waals surface area contributed by atoms with Crippen molar-refractivity contribution >= 4 is 29.1 Å². The number of para-hydroxylation sites is 2. The monoisotopic (exact) mass is 455 g/mol. The molecule has 2 aromatic heterocycles. The van der Waals surface area contributed by atoms with Gasteiger partial charge in [0.25, 0.3) is 0 Å². The summed E-state index contributed by atoms with van der Waals surface area (Å²) in [4.78, 5) is 2.52. The Morgan fingerprint density at radius 2 is 1.47 bits per heavy atom. The van der Waals surface area contributed by atoms with Crippen molar-refractivity contribution in [2.24, 2.45) is 0 Å². The first-order valence-corrected chi connectivity index (χ1v) is 11.0. The molecule has 0 bridgehead atoms. The fourth-order valence-electron chi connectivity index (χ4n) is 4.71. The lowest BCUT2D eigenvalue weighted by Crippen LogP contribution is -2.38. The average Bonchev–Trinajstić information content (AvgIpc) is 3.29. The quantitative estimate of drug-likeness (QED) is 0.444. The Labute approximate surface area is 196 Å². The molecule has 4 aromatic rings. The molecule has 0 unspecified atom stereocenters. The number of hydrogen-bond donors (Lipinski definition) is 0. The third-order valence-corrected chi connectivity index (χ3v) is 6.28. The highest BCUT2D eigenvalue weighted by molar-refractivity contribution is 5.92. The van der Waals surface area contributed by atoms with Gasteiger partial charge in [-0.3, -0.25) is 4.90 Å². The molecule has 2 aromatic carbocycles. The molecule has 0 spiro atoms. The maximum atomic E-state index is 5.54. The molecule has 1 fully saturated rings. The van der Waals surface area contributed by atoms with Gasteiger partial charge in [0.15, 0.2) is 0 Å². The molecule has 0 amide bonds. The van der Waals surface area contributed by atoms with Crippen LogP contribution in [0.5, 0.6) is 0 Å². The Kier molecular flexibility index (Phi) is 7.36. The fraction of sp³-hybridized carbons (Fsp3) is 0.385. The van der Waals surface area contributed by atoms with Crippen molar-refractivity contribution in [2.75, 3.05) is 32.8 Å². The molecular weight excluding hydrogens is 422 g/mol. The number of benzene rings is 2. The maximum absolute atomic E-state index is 5.54. The van der Waals surface area contributed by atoms with Crippen LogP contribution in [-0.2, 0) is 16.7 Å². The van der Waals surface area contributed by atoms with Gasteiger partial charge in [-0.1, -0.05) is 63.2 Å². The Morgan fingerprint density at radius 1 is 0.844 bits per heavy atom. The highest BCUT2D eigenvalue weighted by Crippen LogP contribution is 2.40. The third kappa shape index (κ3) is 4.30. The summed E-state index contributed by atoms with van der Waals surface area (Å²) >= 11 is 0. The van der Waals surface area contributed by atoms with E-state index in [-0.39, 0.29) is 23.3 Å². The van der Waals surface area contributed by atoms with Gasteiger partial charge in [-0.2, -0.15) is 0 Å². The van der Waals surface area contributed by atoms with E-state index in [0.717, 1.165) is 39.4 Å². The lowest BCUT2D eigenvalue weighted by Gasteiger charge is -2.27. The van der Waals surface area contributed by atoms with Gasteiger partial charge in [-0.25, -0.2) is 0 Å². The maximum Gasteiger partial charge on any atom is 0.126 e. The van der Waals surface area contributed by atoms with Crippen LogP contribution < -0.4 is 0 Å². The van der Waals surface area contributed by atoms with E-state index in [1.807, 2.05) is 0 Å². The zero-order chi connectivity index (χ0) is 20.7. The summed E-state index contributed by atoms with van der Waals surface area (Å²) in [5.41, 5.74) is 8.00. The molecule has 0 aliphatic carbocycles. The molecule has 0 saturated carbocycles. The number of hydrogen-bond acceptors (Lipinski definition) is 2. The van der Waals surface area contributed by atoms with Crippen LogP contribution in [0.1, 0.15) is 26.3 Å². The number of halogens is 1. The lowest BCUT2D eigenvalue weighted by atomic mass is 9.84. The minimum atomic E-state index is 0. The molecular formula is C26H34ClN3O2. The van der Waals surface area contributed by atoms with Gasteiger partial charge in [-0.15, -0.1) is 12.4 Å². The summed E-state index contributed by atoms with van der Waals surface area (Å²) in [5, 5.41) is 0. The Morgan fingerprint density at radius 3 is 2.12 bits per heavy atom. The Balaban J connectivity index is 0.00000144. The first-order chi connectivity index (χ1) is 14.5. The second kappa shape index (κ2) is 9.67. The van der Waals surface area contributed by atoms with E-state index >= 15 is 0 Å². The molecule has 32 heavy (non-hydrogen) atoms. The molecule has 1 saturated heterocycles. The number of morpholine rings is 1. The molecule has 1 aliphatic heterocycles. The number of fused-ring (bicyclic) bond motifs is 3. The fourth-order valence-corrected chi connectivity index (χ4v) is 4.71. The summed E-state index contributed by atoms with van der Waals surface area (Å²) in [6.45, 7) is 12.7. The summed E-state index contributed by atoms with van der Waals surface area (Å²) in [6, 6.07) is 19.7. The zero-order valence-corrected chi connectivity index (χ0v) is 20.0. The van der Waals surface area contributed by atoms with Crippen molar-refractivity contribution in [3.8, 4) is 11.1 Å². The largest absolute Gasteiger partial charge is 0.412 e. The van der Waals surface area contributed by atoms with Crippen LogP contribution in [0.25, 0.3) is 27.8 Å². The molecule has 5 rings (SSSR count). The first-order valence-electron chi connectivity index (χ1n) is 11.0. The van der Waals surface area contributed by atoms with Crippen molar-refractivity contribution in [3.05, 3.63) is 66.4 Å². The van der Waals surface area contributed by atoms with Crippen LogP contribution in [0.4, 0.5) is 0 Å². The van der Waals surface area contributed by atoms with E-state index in [2.05, 4.69) is 95.4 Å². The number of imidazole rings is 1. The molecule has 172 valence electrons. The summed E-state index contributed by atoms with van der Waals surface area (Å²) < 4.78 is 10.5. The zero-order valence-electron chi connectivity index (χ0n) is 19.2. The van der Waals surface area contributed by atoms with Crippen molar-refractivity contribution in [2.45, 2.75) is 32.7 Å². The molecule has 3 heterocycles. The van der Waals surface area contributed by atoms with E-state index in [1.165, 1.54) is 33.4 Å². The number of nitrogens with zero attached hydrogens (tertiary/aromatic N) is 3. The lowest BCUT2D eigenvalue weighted by molar-refractivity contribution is 0.0366. The second-order valence-electron chi connectivity index (χ2n) is 9.32. The van der Waals surface area contributed by atoms with Crippen molar-refractivity contribution < 1.29 is 10.2 Å². The number of rotatable bonds is 4. The van der Waals surface area contributed by atoms with Gasteiger partial charge >= 0.3 is 0 Å².